The monoisotopic (exact) mass is 1020 g/mol. The van der Waals surface area contributed by atoms with Crippen LogP contribution in [0.4, 0.5) is 0 Å². The van der Waals surface area contributed by atoms with Crippen LogP contribution in [-0.2, 0) is 30.5 Å². The van der Waals surface area contributed by atoms with E-state index in [1.165, 1.54) is 58.3 Å². The van der Waals surface area contributed by atoms with Gasteiger partial charge >= 0.3 is 7.05 Å². The van der Waals surface area contributed by atoms with E-state index in [4.69, 9.17) is 33.2 Å². The minimum absolute atomic E-state index is 0.0403. The molecule has 0 radical (unpaired) electrons. The molecule has 4 unspecified atom stereocenters. The van der Waals surface area contributed by atoms with Gasteiger partial charge in [0.25, 0.3) is 0 Å². The minimum Gasteiger partial charge on any atom is -0.437 e. The molecule has 1 amide bonds. The predicted molar refractivity (Wildman–Crippen MR) is 266 cm³/mol. The molecule has 2 aliphatic heterocycles. The maximum atomic E-state index is 13.4. The number of pyridine rings is 2. The number of nitrogens with one attached hydrogen (secondary N) is 2. The summed E-state index contributed by atoms with van der Waals surface area (Å²) >= 11 is 20.0. The molecular weight excluding hydrogens is 960 g/mol. The summed E-state index contributed by atoms with van der Waals surface area (Å²) in [4.78, 5) is 30.5. The first-order valence-corrected chi connectivity index (χ1v) is 25.6. The molecule has 338 valence electrons. The zero-order chi connectivity index (χ0) is 44.6. The van der Waals surface area contributed by atoms with E-state index in [0.717, 1.165) is 102 Å². The van der Waals surface area contributed by atoms with Crippen LogP contribution in [0.25, 0.3) is 0 Å². The van der Waals surface area contributed by atoms with Gasteiger partial charge in [0, 0.05) is 88.7 Å². The first-order chi connectivity index (χ1) is 30.4. The highest BCUT2D eigenvalue weighted by molar-refractivity contribution is 9.10. The topological polar surface area (TPSA) is 96.9 Å². The van der Waals surface area contributed by atoms with Gasteiger partial charge in [0.05, 0.1) is 23.5 Å². The SMILES string of the molecule is CCCCC1CN(C2c3ccc(Cl)cc3CCc3cc(Br)cnc32)CCN1.CCCCC1CN(C2c3ccc(Cl)cc3CCc3cc(Br)cnc32)CCN1C(=O)[C@@H](C)CNB(C)O. The van der Waals surface area contributed by atoms with Crippen LogP contribution in [0, 0.1) is 5.92 Å². The van der Waals surface area contributed by atoms with E-state index in [9.17, 15) is 9.82 Å². The lowest BCUT2D eigenvalue weighted by Gasteiger charge is -2.45. The molecular formula is C49H64BBr2Cl2N7O2. The van der Waals surface area contributed by atoms with E-state index in [0.29, 0.717) is 19.1 Å². The van der Waals surface area contributed by atoms with Crippen LogP contribution in [0.5, 0.6) is 0 Å². The Morgan fingerprint density at radius 3 is 1.90 bits per heavy atom. The number of nitrogens with zero attached hydrogens (tertiary/aromatic N) is 5. The van der Waals surface area contributed by atoms with E-state index in [-0.39, 0.29) is 30.0 Å². The highest BCUT2D eigenvalue weighted by Crippen LogP contribution is 2.40. The van der Waals surface area contributed by atoms with Crippen molar-refractivity contribution in [3.05, 3.63) is 125 Å². The highest BCUT2D eigenvalue weighted by Gasteiger charge is 2.38. The van der Waals surface area contributed by atoms with Crippen LogP contribution in [0.1, 0.15) is 116 Å². The lowest BCUT2D eigenvalue weighted by atomic mass is 9.88. The lowest BCUT2D eigenvalue weighted by Crippen LogP contribution is -2.57. The molecule has 9 nitrogen and oxygen atoms in total. The average Bonchev–Trinajstić information content (AvgIpc) is 3.53. The summed E-state index contributed by atoms with van der Waals surface area (Å²) < 4.78 is 2.06. The fourth-order valence-electron chi connectivity index (χ4n) is 10.1. The number of piperazine rings is 2. The van der Waals surface area contributed by atoms with Crippen molar-refractivity contribution in [2.75, 3.05) is 45.8 Å². The van der Waals surface area contributed by atoms with Gasteiger partial charge in [-0.25, -0.2) is 0 Å². The van der Waals surface area contributed by atoms with Gasteiger partial charge < -0.3 is 20.5 Å². The van der Waals surface area contributed by atoms with Crippen molar-refractivity contribution < 1.29 is 9.82 Å². The molecule has 0 spiro atoms. The summed E-state index contributed by atoms with van der Waals surface area (Å²) in [6.45, 7) is 14.0. The Labute approximate surface area is 402 Å². The van der Waals surface area contributed by atoms with E-state index in [1.54, 1.807) is 6.82 Å². The highest BCUT2D eigenvalue weighted by atomic mass is 79.9. The number of carbonyl (C=O) groups excluding carboxylic acids is 1. The van der Waals surface area contributed by atoms with Crippen LogP contribution in [0.2, 0.25) is 16.9 Å². The number of hydrogen-bond donors (Lipinski definition) is 3. The fourth-order valence-corrected chi connectivity index (χ4v) is 11.2. The summed E-state index contributed by atoms with van der Waals surface area (Å²) in [5.41, 5.74) is 10.3. The quantitative estimate of drug-likeness (QED) is 0.121. The van der Waals surface area contributed by atoms with Crippen molar-refractivity contribution in [1.29, 1.82) is 0 Å². The molecule has 2 aromatic carbocycles. The number of halogens is 4. The number of rotatable bonds is 12. The lowest BCUT2D eigenvalue weighted by molar-refractivity contribution is -0.140. The second kappa shape index (κ2) is 22.9. The number of fused-ring (bicyclic) bond motifs is 4. The van der Waals surface area contributed by atoms with E-state index in [2.05, 4.69) is 107 Å². The molecule has 0 bridgehead atoms. The second-order valence-corrected chi connectivity index (χ2v) is 20.7. The fraction of sp³-hybridized carbons (Fsp3) is 0.531. The van der Waals surface area contributed by atoms with Gasteiger partial charge in [-0.05, 0) is 154 Å². The van der Waals surface area contributed by atoms with Gasteiger partial charge in [0.15, 0.2) is 0 Å². The first kappa shape index (κ1) is 48.5. The average molecular weight is 1020 g/mol. The third-order valence-electron chi connectivity index (χ3n) is 13.3. The van der Waals surface area contributed by atoms with Crippen molar-refractivity contribution in [1.82, 2.24) is 35.2 Å². The summed E-state index contributed by atoms with van der Waals surface area (Å²) in [7, 11) is -0.621. The Morgan fingerprint density at radius 2 is 1.35 bits per heavy atom. The number of aryl methyl sites for hydroxylation is 4. The number of aromatic nitrogens is 2. The van der Waals surface area contributed by atoms with E-state index in [1.807, 2.05) is 31.5 Å². The largest absolute Gasteiger partial charge is 0.437 e. The molecule has 2 aromatic heterocycles. The molecule has 63 heavy (non-hydrogen) atoms. The van der Waals surface area contributed by atoms with Crippen LogP contribution in [0.15, 0.2) is 69.9 Å². The molecule has 5 atom stereocenters. The maximum Gasteiger partial charge on any atom is 0.373 e. The molecule has 2 fully saturated rings. The Morgan fingerprint density at radius 1 is 0.810 bits per heavy atom. The van der Waals surface area contributed by atoms with Crippen molar-refractivity contribution in [2.45, 2.75) is 116 Å². The standard InChI is InChI=1S/C27H37BBrClN4O2.C22H27BrClN3/c1-4-5-6-23-17-33(11-12-34(23)27(35)18(2)15-32-28(3)36)26-24-10-9-22(30)14-19(24)7-8-20-13-21(29)16-31-25(20)26;1-2-3-4-19-14-27(10-9-25-19)22-20-8-7-18(24)12-15(20)5-6-16-11-17(23)13-26-21(16)22/h9-10,13-14,16,18,23,26,32,36H,4-8,11-12,15,17H2,1-3H3;7-8,11-13,19,22,25H,2-6,9-10,14H2,1H3/t18-,23?,26?;/m0./s1. The van der Waals surface area contributed by atoms with Gasteiger partial charge in [-0.2, -0.15) is 0 Å². The molecule has 0 saturated carbocycles. The molecule has 4 aromatic rings. The van der Waals surface area contributed by atoms with Gasteiger partial charge in [0.1, 0.15) is 0 Å². The molecule has 4 aliphatic rings. The zero-order valence-corrected chi connectivity index (χ0v) is 42.0. The molecule has 4 heterocycles. The van der Waals surface area contributed by atoms with Gasteiger partial charge in [0.2, 0.25) is 5.91 Å². The van der Waals surface area contributed by atoms with Gasteiger partial charge in [-0.1, -0.05) is 81.8 Å². The number of benzene rings is 2. The molecule has 8 rings (SSSR count). The second-order valence-electron chi connectivity index (χ2n) is 18.0. The number of carbonyl (C=O) groups is 1. The van der Waals surface area contributed by atoms with E-state index >= 15 is 0 Å². The summed E-state index contributed by atoms with van der Waals surface area (Å²) in [6, 6.07) is 18.1. The molecule has 2 saturated heterocycles. The number of unbranched alkanes of at least 4 members (excludes halogenated alkanes) is 2. The van der Waals surface area contributed by atoms with Crippen LogP contribution in [-0.4, -0.2) is 101 Å². The number of amides is 1. The summed E-state index contributed by atoms with van der Waals surface area (Å²) in [5.74, 6) is -0.0184. The predicted octanol–water partition coefficient (Wildman–Crippen LogP) is 9.87. The maximum absolute atomic E-state index is 13.4. The molecule has 3 N–H and O–H groups in total. The Hall–Kier alpha value is -2.39. The van der Waals surface area contributed by atoms with Crippen LogP contribution < -0.4 is 10.5 Å². The Bertz CT molecular complexity index is 2080. The van der Waals surface area contributed by atoms with Crippen molar-refractivity contribution in [3.8, 4) is 0 Å². The van der Waals surface area contributed by atoms with Crippen LogP contribution >= 0.6 is 55.1 Å². The first-order valence-electron chi connectivity index (χ1n) is 23.2. The smallest absolute Gasteiger partial charge is 0.373 e. The Balaban J connectivity index is 0.000000196. The van der Waals surface area contributed by atoms with Gasteiger partial charge in [-0.15, -0.1) is 0 Å². The molecule has 14 heteroatoms. The minimum atomic E-state index is -0.621. The normalized spacial score (nSPS) is 21.7. The number of hydrogen-bond acceptors (Lipinski definition) is 8. The third kappa shape index (κ3) is 12.2. The van der Waals surface area contributed by atoms with E-state index < -0.39 is 7.05 Å². The van der Waals surface area contributed by atoms with Crippen LogP contribution in [0.3, 0.4) is 0 Å². The summed E-state index contributed by atoms with van der Waals surface area (Å²) in [5, 5.41) is 17.9. The third-order valence-corrected chi connectivity index (χ3v) is 14.7. The Kier molecular flexibility index (Phi) is 17.6. The molecule has 2 aliphatic carbocycles. The van der Waals surface area contributed by atoms with Gasteiger partial charge in [-0.3, -0.25) is 24.6 Å². The summed E-state index contributed by atoms with van der Waals surface area (Å²) in [6.07, 6.45) is 14.7. The zero-order valence-electron chi connectivity index (χ0n) is 37.4. The van der Waals surface area contributed by atoms with Crippen molar-refractivity contribution >= 4 is 68.0 Å². The van der Waals surface area contributed by atoms with Crippen molar-refractivity contribution in [3.63, 3.8) is 0 Å². The van der Waals surface area contributed by atoms with Crippen molar-refractivity contribution in [2.24, 2.45) is 5.92 Å².